The van der Waals surface area contributed by atoms with Crippen LogP contribution in [0, 0.1) is 0 Å². The zero-order chi connectivity index (χ0) is 42.5. The van der Waals surface area contributed by atoms with E-state index >= 15 is 0 Å². The molecule has 0 atom stereocenters. The van der Waals surface area contributed by atoms with E-state index in [4.69, 9.17) is 0 Å². The maximum absolute atomic E-state index is 2.53. The minimum Gasteiger partial charge on any atom is -0.341 e. The minimum atomic E-state index is 0.903. The summed E-state index contributed by atoms with van der Waals surface area (Å²) in [7, 11) is 0. The van der Waals surface area contributed by atoms with E-state index in [0.717, 1.165) is 13.1 Å². The summed E-state index contributed by atoms with van der Waals surface area (Å²) >= 11 is 0. The summed E-state index contributed by atoms with van der Waals surface area (Å²) in [6.45, 7) is 6.32. The first kappa shape index (κ1) is 36.7. The van der Waals surface area contributed by atoms with Crippen LogP contribution in [0.3, 0.4) is 0 Å². The van der Waals surface area contributed by atoms with Crippen molar-refractivity contribution >= 4 is 86.7 Å². The molecule has 0 N–H and O–H groups in total. The zero-order valence-corrected chi connectivity index (χ0v) is 35.9. The fourth-order valence-electron chi connectivity index (χ4n) is 11.5. The lowest BCUT2D eigenvalue weighted by atomic mass is 9.81. The molecule has 0 saturated heterocycles. The highest BCUT2D eigenvalue weighted by molar-refractivity contribution is 6.30. The van der Waals surface area contributed by atoms with Crippen LogP contribution in [0.15, 0.2) is 206 Å². The highest BCUT2D eigenvalue weighted by Crippen LogP contribution is 2.51. The van der Waals surface area contributed by atoms with Gasteiger partial charge in [-0.1, -0.05) is 176 Å². The molecule has 0 aliphatic heterocycles. The average molecular weight is 817 g/mol. The number of aryl methyl sites for hydroxylation is 2. The predicted molar refractivity (Wildman–Crippen MR) is 276 cm³/mol. The molecule has 13 rings (SSSR count). The molecule has 0 aliphatic rings. The van der Waals surface area contributed by atoms with Crippen molar-refractivity contribution < 1.29 is 0 Å². The monoisotopic (exact) mass is 816 g/mol. The van der Waals surface area contributed by atoms with Crippen LogP contribution < -0.4 is 0 Å². The molecule has 2 heterocycles. The Labute approximate surface area is 371 Å². The summed E-state index contributed by atoms with van der Waals surface area (Å²) in [6, 6.07) is 77.3. The molecule has 0 radical (unpaired) electrons. The van der Waals surface area contributed by atoms with E-state index < -0.39 is 0 Å². The molecule has 0 fully saturated rings. The van der Waals surface area contributed by atoms with Gasteiger partial charge in [0.15, 0.2) is 0 Å². The third-order valence-corrected chi connectivity index (χ3v) is 14.1. The quantitative estimate of drug-likeness (QED) is 0.148. The van der Waals surface area contributed by atoms with Gasteiger partial charge in [0.25, 0.3) is 0 Å². The second-order valence-electron chi connectivity index (χ2n) is 17.2. The van der Waals surface area contributed by atoms with Gasteiger partial charge in [0.2, 0.25) is 0 Å². The van der Waals surface area contributed by atoms with Gasteiger partial charge in [-0.05, 0) is 132 Å². The lowest BCUT2D eigenvalue weighted by molar-refractivity contribution is 0.827. The Hall–Kier alpha value is -7.94. The van der Waals surface area contributed by atoms with E-state index in [1.54, 1.807) is 0 Å². The SMILES string of the molecule is CCn1c2ccccc2c2c(-c3cccc4c(-c5c6ccccc6c(-c6ccccc6)c6ccccc56)c5cccc(-c6cccc7c6c6ccccc6n7CC)c5cc34)cccc21. The number of fused-ring (bicyclic) bond motifs is 10. The summed E-state index contributed by atoms with van der Waals surface area (Å²) < 4.78 is 4.94. The van der Waals surface area contributed by atoms with Crippen LogP contribution >= 0.6 is 0 Å². The molecule has 0 amide bonds. The largest absolute Gasteiger partial charge is 0.341 e. The van der Waals surface area contributed by atoms with Gasteiger partial charge in [-0.2, -0.15) is 0 Å². The number of aromatic nitrogens is 2. The molecule has 0 unspecified atom stereocenters. The van der Waals surface area contributed by atoms with Gasteiger partial charge in [-0.3, -0.25) is 0 Å². The highest BCUT2D eigenvalue weighted by Gasteiger charge is 2.24. The number of hydrogen-bond donors (Lipinski definition) is 0. The van der Waals surface area contributed by atoms with Crippen LogP contribution in [-0.4, -0.2) is 9.13 Å². The number of rotatable bonds is 6. The Morgan fingerprint density at radius 2 is 0.594 bits per heavy atom. The van der Waals surface area contributed by atoms with Crippen molar-refractivity contribution in [2.24, 2.45) is 0 Å². The summed E-state index contributed by atoms with van der Waals surface area (Å²) in [5.41, 5.74) is 15.2. The number of hydrogen-bond acceptors (Lipinski definition) is 0. The number of nitrogens with zero attached hydrogens (tertiary/aromatic N) is 2. The minimum absolute atomic E-state index is 0.903. The molecular formula is C62H44N2. The van der Waals surface area contributed by atoms with Crippen LogP contribution in [0.1, 0.15) is 13.8 Å². The van der Waals surface area contributed by atoms with Crippen molar-refractivity contribution in [1.82, 2.24) is 9.13 Å². The van der Waals surface area contributed by atoms with E-state index in [0.29, 0.717) is 0 Å². The molecule has 2 nitrogen and oxygen atoms in total. The first-order valence-electron chi connectivity index (χ1n) is 22.7. The number of benzene rings is 11. The normalized spacial score (nSPS) is 12.0. The molecule has 0 saturated carbocycles. The van der Waals surface area contributed by atoms with Gasteiger partial charge < -0.3 is 9.13 Å². The second kappa shape index (κ2) is 14.3. The van der Waals surface area contributed by atoms with E-state index in [1.165, 1.54) is 131 Å². The van der Waals surface area contributed by atoms with E-state index in [9.17, 15) is 0 Å². The molecule has 0 bridgehead atoms. The summed E-state index contributed by atoms with van der Waals surface area (Å²) in [6.07, 6.45) is 0. The molecule has 2 heteroatoms. The summed E-state index contributed by atoms with van der Waals surface area (Å²) in [4.78, 5) is 0. The van der Waals surface area contributed by atoms with Gasteiger partial charge in [-0.25, -0.2) is 0 Å². The lowest BCUT2D eigenvalue weighted by Gasteiger charge is -2.22. The fraction of sp³-hybridized carbons (Fsp3) is 0.0645. The van der Waals surface area contributed by atoms with Crippen molar-refractivity contribution in [1.29, 1.82) is 0 Å². The Morgan fingerprint density at radius 1 is 0.266 bits per heavy atom. The lowest BCUT2D eigenvalue weighted by Crippen LogP contribution is -1.95. The Kier molecular flexibility index (Phi) is 8.20. The molecule has 11 aromatic carbocycles. The molecule has 64 heavy (non-hydrogen) atoms. The average Bonchev–Trinajstić information content (AvgIpc) is 3.87. The second-order valence-corrected chi connectivity index (χ2v) is 17.2. The van der Waals surface area contributed by atoms with Crippen molar-refractivity contribution in [2.45, 2.75) is 26.9 Å². The maximum Gasteiger partial charge on any atom is 0.0497 e. The first-order valence-corrected chi connectivity index (χ1v) is 22.7. The third kappa shape index (κ3) is 5.14. The molecular weight excluding hydrogens is 773 g/mol. The Balaban J connectivity index is 1.23. The van der Waals surface area contributed by atoms with E-state index in [2.05, 4.69) is 229 Å². The van der Waals surface area contributed by atoms with Crippen molar-refractivity contribution in [3.63, 3.8) is 0 Å². The van der Waals surface area contributed by atoms with Crippen LogP contribution in [0.25, 0.3) is 131 Å². The standard InChI is InChI=1S/C62H44N2/c1-3-63-54-34-14-12-26-50(54)59-42(32-18-36-56(59)63)40-28-16-30-48-52(40)38-53-41(43-33-19-37-57-60(43)51-27-13-15-35-55(51)64(57)4-2)29-17-31-49(53)62(48)61-46-24-10-8-22-44(46)58(39-20-6-5-7-21-39)45-23-9-11-25-47(45)61/h5-38H,3-4H2,1-2H3. The molecule has 0 aliphatic carbocycles. The van der Waals surface area contributed by atoms with Gasteiger partial charge in [0.05, 0.1) is 0 Å². The van der Waals surface area contributed by atoms with Crippen LogP contribution in [0.4, 0.5) is 0 Å². The maximum atomic E-state index is 2.53. The van der Waals surface area contributed by atoms with E-state index in [-0.39, 0.29) is 0 Å². The van der Waals surface area contributed by atoms with Crippen LogP contribution in [0.2, 0.25) is 0 Å². The topological polar surface area (TPSA) is 9.86 Å². The van der Waals surface area contributed by atoms with Crippen molar-refractivity contribution in [3.05, 3.63) is 206 Å². The molecule has 0 spiro atoms. The van der Waals surface area contributed by atoms with Crippen LogP contribution in [0.5, 0.6) is 0 Å². The van der Waals surface area contributed by atoms with Gasteiger partial charge in [-0.15, -0.1) is 0 Å². The van der Waals surface area contributed by atoms with Gasteiger partial charge in [0, 0.05) is 56.7 Å². The Bertz CT molecular complexity index is 3800. The zero-order valence-electron chi connectivity index (χ0n) is 35.9. The third-order valence-electron chi connectivity index (χ3n) is 14.1. The van der Waals surface area contributed by atoms with Crippen molar-refractivity contribution in [2.75, 3.05) is 0 Å². The van der Waals surface area contributed by atoms with Gasteiger partial charge in [0.1, 0.15) is 0 Å². The van der Waals surface area contributed by atoms with Gasteiger partial charge >= 0.3 is 0 Å². The summed E-state index contributed by atoms with van der Waals surface area (Å²) in [5, 5.41) is 15.2. The molecule has 302 valence electrons. The Morgan fingerprint density at radius 3 is 1.05 bits per heavy atom. The smallest absolute Gasteiger partial charge is 0.0497 e. The number of para-hydroxylation sites is 2. The first-order chi connectivity index (χ1) is 31.7. The molecule has 2 aromatic heterocycles. The van der Waals surface area contributed by atoms with E-state index in [1.807, 2.05) is 0 Å². The molecule has 13 aromatic rings. The van der Waals surface area contributed by atoms with Crippen LogP contribution in [-0.2, 0) is 13.1 Å². The predicted octanol–water partition coefficient (Wildman–Crippen LogP) is 17.2. The van der Waals surface area contributed by atoms with Crippen molar-refractivity contribution in [3.8, 4) is 44.5 Å². The summed E-state index contributed by atoms with van der Waals surface area (Å²) in [5.74, 6) is 0. The highest BCUT2D eigenvalue weighted by atomic mass is 15.0. The fourth-order valence-corrected chi connectivity index (χ4v) is 11.5.